The number of hydrogen-bond acceptors (Lipinski definition) is 4. The maximum absolute atomic E-state index is 12.6. The molecule has 1 aromatic heterocycles. The lowest BCUT2D eigenvalue weighted by molar-refractivity contribution is 0.264. The Hall–Kier alpha value is -2.10. The van der Waals surface area contributed by atoms with Gasteiger partial charge in [-0.1, -0.05) is 13.8 Å². The molecule has 3 atom stereocenters. The lowest BCUT2D eigenvalue weighted by atomic mass is 9.80. The van der Waals surface area contributed by atoms with Crippen LogP contribution in [0.3, 0.4) is 0 Å². The predicted molar refractivity (Wildman–Crippen MR) is 114 cm³/mol. The van der Waals surface area contributed by atoms with Crippen LogP contribution in [0.4, 0.5) is 5.69 Å². The monoisotopic (exact) mass is 368 g/mol. The highest BCUT2D eigenvalue weighted by Gasteiger charge is 2.25. The van der Waals surface area contributed by atoms with Gasteiger partial charge in [0.1, 0.15) is 5.58 Å². The molecule has 0 N–H and O–H groups in total. The average molecular weight is 369 g/mol. The largest absolute Gasteiger partial charge is 0.422 e. The Morgan fingerprint density at radius 1 is 1.19 bits per heavy atom. The molecule has 4 heteroatoms. The Labute approximate surface area is 162 Å². The van der Waals surface area contributed by atoms with Gasteiger partial charge in [0, 0.05) is 35.9 Å². The SMILES string of the molecule is CCN(CC)c1ccc2cc(C(C)=NC3CCC(C)CC3C)c(=O)oc2c1. The molecule has 27 heavy (non-hydrogen) atoms. The maximum atomic E-state index is 12.6. The summed E-state index contributed by atoms with van der Waals surface area (Å²) in [4.78, 5) is 19.8. The molecule has 146 valence electrons. The second-order valence-corrected chi connectivity index (χ2v) is 8.02. The Morgan fingerprint density at radius 3 is 2.59 bits per heavy atom. The predicted octanol–water partition coefficient (Wildman–Crippen LogP) is 5.27. The van der Waals surface area contributed by atoms with Crippen molar-refractivity contribution in [3.05, 3.63) is 40.2 Å². The van der Waals surface area contributed by atoms with E-state index in [0.717, 1.165) is 42.2 Å². The minimum Gasteiger partial charge on any atom is -0.422 e. The van der Waals surface area contributed by atoms with Crippen LogP contribution in [0.2, 0.25) is 0 Å². The summed E-state index contributed by atoms with van der Waals surface area (Å²) in [5.74, 6) is 1.34. The van der Waals surface area contributed by atoms with Crippen molar-refractivity contribution in [3.63, 3.8) is 0 Å². The van der Waals surface area contributed by atoms with Gasteiger partial charge in [-0.3, -0.25) is 4.99 Å². The number of anilines is 1. The van der Waals surface area contributed by atoms with E-state index in [1.165, 1.54) is 12.8 Å². The number of aliphatic imine (C=N–C) groups is 1. The van der Waals surface area contributed by atoms with Crippen LogP contribution in [-0.4, -0.2) is 24.8 Å². The molecule has 0 saturated heterocycles. The average Bonchev–Trinajstić information content (AvgIpc) is 2.64. The van der Waals surface area contributed by atoms with Crippen molar-refractivity contribution >= 4 is 22.4 Å². The number of hydrogen-bond donors (Lipinski definition) is 0. The molecule has 0 bridgehead atoms. The van der Waals surface area contributed by atoms with Crippen molar-refractivity contribution < 1.29 is 4.42 Å². The van der Waals surface area contributed by atoms with Crippen LogP contribution in [0.25, 0.3) is 11.0 Å². The molecular formula is C23H32N2O2. The molecule has 1 aliphatic carbocycles. The van der Waals surface area contributed by atoms with E-state index in [1.54, 1.807) is 0 Å². The molecule has 0 spiro atoms. The van der Waals surface area contributed by atoms with E-state index in [0.29, 0.717) is 23.1 Å². The summed E-state index contributed by atoms with van der Waals surface area (Å²) < 4.78 is 5.66. The molecule has 1 heterocycles. The Kier molecular flexibility index (Phi) is 6.03. The summed E-state index contributed by atoms with van der Waals surface area (Å²) in [5, 5.41) is 0.945. The molecule has 1 aromatic carbocycles. The van der Waals surface area contributed by atoms with Crippen LogP contribution in [0.1, 0.15) is 59.4 Å². The third-order valence-corrected chi connectivity index (χ3v) is 5.98. The van der Waals surface area contributed by atoms with Gasteiger partial charge in [-0.25, -0.2) is 4.79 Å². The Morgan fingerprint density at radius 2 is 1.93 bits per heavy atom. The molecule has 3 rings (SSSR count). The standard InChI is InChI=1S/C23H32N2O2/c1-6-25(7-2)19-10-9-18-13-20(23(26)27-22(18)14-19)17(5)24-21-11-8-15(3)12-16(21)4/h9-10,13-16,21H,6-8,11-12H2,1-5H3. The Balaban J connectivity index is 1.93. The van der Waals surface area contributed by atoms with Crippen molar-refractivity contribution in [2.45, 2.75) is 59.9 Å². The second kappa shape index (κ2) is 8.28. The second-order valence-electron chi connectivity index (χ2n) is 8.02. The van der Waals surface area contributed by atoms with Crippen molar-refractivity contribution in [3.8, 4) is 0 Å². The zero-order valence-corrected chi connectivity index (χ0v) is 17.3. The molecule has 1 fully saturated rings. The van der Waals surface area contributed by atoms with Crippen molar-refractivity contribution in [1.82, 2.24) is 0 Å². The van der Waals surface area contributed by atoms with E-state index in [1.807, 2.05) is 25.1 Å². The van der Waals surface area contributed by atoms with Gasteiger partial charge in [-0.15, -0.1) is 0 Å². The summed E-state index contributed by atoms with van der Waals surface area (Å²) in [5.41, 5.74) is 2.81. The van der Waals surface area contributed by atoms with Gasteiger partial charge in [0.2, 0.25) is 0 Å². The van der Waals surface area contributed by atoms with Gasteiger partial charge >= 0.3 is 5.63 Å². The van der Waals surface area contributed by atoms with E-state index in [-0.39, 0.29) is 5.63 Å². The highest BCUT2D eigenvalue weighted by Crippen LogP contribution is 2.31. The Bertz CT molecular complexity index is 880. The van der Waals surface area contributed by atoms with Crippen molar-refractivity contribution in [2.75, 3.05) is 18.0 Å². The number of fused-ring (bicyclic) bond motifs is 1. The first-order chi connectivity index (χ1) is 12.9. The fourth-order valence-electron chi connectivity index (χ4n) is 4.30. The molecule has 2 aromatic rings. The summed E-state index contributed by atoms with van der Waals surface area (Å²) in [6.07, 6.45) is 3.53. The van der Waals surface area contributed by atoms with E-state index in [2.05, 4.69) is 38.7 Å². The maximum Gasteiger partial charge on any atom is 0.345 e. The molecule has 4 nitrogen and oxygen atoms in total. The van der Waals surface area contributed by atoms with Gasteiger partial charge in [-0.2, -0.15) is 0 Å². The van der Waals surface area contributed by atoms with E-state index < -0.39 is 0 Å². The molecule has 0 aliphatic heterocycles. The smallest absolute Gasteiger partial charge is 0.345 e. The van der Waals surface area contributed by atoms with Crippen molar-refractivity contribution in [1.29, 1.82) is 0 Å². The molecule has 3 unspecified atom stereocenters. The molecule has 0 amide bonds. The zero-order valence-electron chi connectivity index (χ0n) is 17.3. The summed E-state index contributed by atoms with van der Waals surface area (Å²) >= 11 is 0. The van der Waals surface area contributed by atoms with Crippen molar-refractivity contribution in [2.24, 2.45) is 16.8 Å². The van der Waals surface area contributed by atoms with Crippen LogP contribution in [0.5, 0.6) is 0 Å². The molecule has 1 saturated carbocycles. The highest BCUT2D eigenvalue weighted by atomic mass is 16.4. The van der Waals surface area contributed by atoms with Gasteiger partial charge in [0.25, 0.3) is 0 Å². The third kappa shape index (κ3) is 4.26. The number of nitrogens with zero attached hydrogens (tertiary/aromatic N) is 2. The van der Waals surface area contributed by atoms with E-state index in [9.17, 15) is 4.79 Å². The van der Waals surface area contributed by atoms with E-state index in [4.69, 9.17) is 9.41 Å². The minimum atomic E-state index is -0.294. The zero-order chi connectivity index (χ0) is 19.6. The van der Waals surface area contributed by atoms with Gasteiger partial charge in [-0.05, 0) is 70.1 Å². The number of benzene rings is 1. The molecule has 1 aliphatic rings. The molecular weight excluding hydrogens is 336 g/mol. The highest BCUT2D eigenvalue weighted by molar-refractivity contribution is 6.00. The van der Waals surface area contributed by atoms with Gasteiger partial charge in [0.15, 0.2) is 0 Å². The minimum absolute atomic E-state index is 0.294. The quantitative estimate of drug-likeness (QED) is 0.533. The van der Waals surface area contributed by atoms with Crippen LogP contribution >= 0.6 is 0 Å². The molecule has 0 radical (unpaired) electrons. The summed E-state index contributed by atoms with van der Waals surface area (Å²) in [6.45, 7) is 12.6. The normalized spacial score (nSPS) is 23.6. The van der Waals surface area contributed by atoms with Crippen LogP contribution in [0.15, 0.2) is 38.5 Å². The third-order valence-electron chi connectivity index (χ3n) is 5.98. The van der Waals surface area contributed by atoms with Crippen LogP contribution in [-0.2, 0) is 0 Å². The fourth-order valence-corrected chi connectivity index (χ4v) is 4.30. The first kappa shape index (κ1) is 19.7. The summed E-state index contributed by atoms with van der Waals surface area (Å²) in [7, 11) is 0. The first-order valence-electron chi connectivity index (χ1n) is 10.3. The van der Waals surface area contributed by atoms with Crippen LogP contribution in [0, 0.1) is 11.8 Å². The number of rotatable bonds is 5. The fraction of sp³-hybridized carbons (Fsp3) is 0.565. The topological polar surface area (TPSA) is 45.8 Å². The van der Waals surface area contributed by atoms with Crippen LogP contribution < -0.4 is 10.5 Å². The lowest BCUT2D eigenvalue weighted by Crippen LogP contribution is -2.26. The van der Waals surface area contributed by atoms with E-state index >= 15 is 0 Å². The first-order valence-corrected chi connectivity index (χ1v) is 10.3. The lowest BCUT2D eigenvalue weighted by Gasteiger charge is -2.30. The van der Waals surface area contributed by atoms with Gasteiger partial charge < -0.3 is 9.32 Å². The summed E-state index contributed by atoms with van der Waals surface area (Å²) in [6, 6.07) is 8.33. The van der Waals surface area contributed by atoms with Gasteiger partial charge in [0.05, 0.1) is 11.6 Å².